The van der Waals surface area contributed by atoms with E-state index >= 15 is 0 Å². The first-order valence-electron chi connectivity index (χ1n) is 15.2. The summed E-state index contributed by atoms with van der Waals surface area (Å²) in [6.45, 7) is 11.5. The molecule has 0 saturated heterocycles. The van der Waals surface area contributed by atoms with Gasteiger partial charge >= 0.3 is 0 Å². The standard InChI is InChI=1S/C33H37N11O3/c1-20(2)14-32(47)42(21(3)4)27-9-7-8-26(17-27)33(28-15-24(10-12-30(28)45)18-34-43-22(5)36-38-40-43)29-16-25(11-13-31(29)46)19-35-44-23(6)37-39-41-44/h7,9-13,15-21,45-46H,8,14H2,1-6H3. The molecule has 1 aliphatic carbocycles. The molecule has 47 heavy (non-hydrogen) atoms. The monoisotopic (exact) mass is 635 g/mol. The van der Waals surface area contributed by atoms with Gasteiger partial charge in [-0.15, -0.1) is 19.8 Å². The molecule has 1 amide bonds. The van der Waals surface area contributed by atoms with E-state index in [1.54, 1.807) is 67.6 Å². The highest BCUT2D eigenvalue weighted by molar-refractivity contribution is 5.93. The Kier molecular flexibility index (Phi) is 9.78. The van der Waals surface area contributed by atoms with Crippen LogP contribution in [0.2, 0.25) is 0 Å². The molecule has 2 aromatic carbocycles. The van der Waals surface area contributed by atoms with Crippen LogP contribution in [0.4, 0.5) is 0 Å². The maximum atomic E-state index is 13.4. The number of phenolic OH excluding ortho intramolecular Hbond substituents is 2. The van der Waals surface area contributed by atoms with Gasteiger partial charge in [0.25, 0.3) is 0 Å². The van der Waals surface area contributed by atoms with Gasteiger partial charge in [-0.1, -0.05) is 19.9 Å². The number of carbonyl (C=O) groups excluding carboxylic acids is 1. The maximum Gasteiger partial charge on any atom is 0.227 e. The lowest BCUT2D eigenvalue weighted by Crippen LogP contribution is -2.36. The Labute approximate surface area is 272 Å². The van der Waals surface area contributed by atoms with Gasteiger partial charge in [-0.05, 0) is 132 Å². The second kappa shape index (κ2) is 14.1. The Balaban J connectivity index is 1.69. The molecule has 0 atom stereocenters. The Morgan fingerprint density at radius 2 is 1.43 bits per heavy atom. The highest BCUT2D eigenvalue weighted by Gasteiger charge is 2.25. The Morgan fingerprint density at radius 3 is 1.87 bits per heavy atom. The number of hydrogen-bond acceptors (Lipinski definition) is 11. The lowest BCUT2D eigenvalue weighted by Gasteiger charge is -2.30. The SMILES string of the molecule is Cc1nnnn1N=Cc1ccc(O)c(C(=C2C=C(N(C(=O)CC(C)C)C(C)C)C=CC2)c2cc(C=Nn3nnnc3C)ccc2O)c1. The topological polar surface area (TPSA) is 173 Å². The smallest absolute Gasteiger partial charge is 0.227 e. The zero-order valence-corrected chi connectivity index (χ0v) is 27.1. The van der Waals surface area contributed by atoms with Crippen molar-refractivity contribution < 1.29 is 15.0 Å². The summed E-state index contributed by atoms with van der Waals surface area (Å²) in [6.07, 6.45) is 9.91. The van der Waals surface area contributed by atoms with Crippen LogP contribution in [0.25, 0.3) is 5.57 Å². The Morgan fingerprint density at radius 1 is 0.894 bits per heavy atom. The van der Waals surface area contributed by atoms with Crippen LogP contribution in [-0.4, -0.2) is 80.1 Å². The number of phenols is 2. The predicted octanol–water partition coefficient (Wildman–Crippen LogP) is 4.38. The quantitative estimate of drug-likeness (QED) is 0.240. The van der Waals surface area contributed by atoms with Crippen LogP contribution in [0.5, 0.6) is 11.5 Å². The van der Waals surface area contributed by atoms with Gasteiger partial charge in [-0.3, -0.25) is 4.79 Å². The number of rotatable bonds is 10. The molecule has 5 rings (SSSR count). The van der Waals surface area contributed by atoms with E-state index in [1.165, 1.54) is 9.58 Å². The zero-order chi connectivity index (χ0) is 33.7. The summed E-state index contributed by atoms with van der Waals surface area (Å²) in [6, 6.07) is 10.0. The third-order valence-electron chi connectivity index (χ3n) is 7.34. The van der Waals surface area contributed by atoms with E-state index in [1.807, 2.05) is 45.9 Å². The summed E-state index contributed by atoms with van der Waals surface area (Å²) in [5, 5.41) is 54.0. The fraction of sp³-hybridized carbons (Fsp3) is 0.303. The molecule has 0 unspecified atom stereocenters. The van der Waals surface area contributed by atoms with E-state index in [0.29, 0.717) is 52.3 Å². The minimum absolute atomic E-state index is 0.00728. The van der Waals surface area contributed by atoms with Gasteiger partial charge in [-0.2, -0.15) is 10.2 Å². The number of amides is 1. The number of allylic oxidation sites excluding steroid dienone is 4. The summed E-state index contributed by atoms with van der Waals surface area (Å²) in [5.74, 6) is 1.22. The van der Waals surface area contributed by atoms with Gasteiger partial charge < -0.3 is 15.1 Å². The number of aromatic nitrogens is 8. The van der Waals surface area contributed by atoms with Crippen LogP contribution in [0.1, 0.15) is 74.4 Å². The second-order valence-corrected chi connectivity index (χ2v) is 11.8. The van der Waals surface area contributed by atoms with E-state index in [4.69, 9.17) is 0 Å². The maximum absolute atomic E-state index is 13.4. The molecule has 0 bridgehead atoms. The molecule has 0 fully saturated rings. The molecule has 0 saturated carbocycles. The summed E-state index contributed by atoms with van der Waals surface area (Å²) >= 11 is 0. The Hall–Kier alpha value is -5.79. The summed E-state index contributed by atoms with van der Waals surface area (Å²) in [4.78, 5) is 17.8. The van der Waals surface area contributed by atoms with Gasteiger partial charge in [0.05, 0.1) is 12.4 Å². The van der Waals surface area contributed by atoms with Crippen molar-refractivity contribution in [3.05, 3.63) is 99.8 Å². The van der Waals surface area contributed by atoms with Crippen molar-refractivity contribution in [1.29, 1.82) is 0 Å². The first kappa shape index (κ1) is 32.6. The van der Waals surface area contributed by atoms with Crippen LogP contribution >= 0.6 is 0 Å². The fourth-order valence-corrected chi connectivity index (χ4v) is 5.16. The highest BCUT2D eigenvalue weighted by Crippen LogP contribution is 2.40. The second-order valence-electron chi connectivity index (χ2n) is 11.8. The number of hydrogen-bond donors (Lipinski definition) is 2. The normalized spacial score (nSPS) is 13.4. The van der Waals surface area contributed by atoms with Crippen molar-refractivity contribution in [3.8, 4) is 11.5 Å². The van der Waals surface area contributed by atoms with Gasteiger partial charge in [0.2, 0.25) is 5.91 Å². The number of nitrogens with zero attached hydrogens (tertiary/aromatic N) is 11. The minimum atomic E-state index is -0.0923. The average molecular weight is 636 g/mol. The van der Waals surface area contributed by atoms with Crippen molar-refractivity contribution in [1.82, 2.24) is 45.5 Å². The zero-order valence-electron chi connectivity index (χ0n) is 27.1. The van der Waals surface area contributed by atoms with Crippen molar-refractivity contribution >= 4 is 23.9 Å². The summed E-state index contributed by atoms with van der Waals surface area (Å²) < 4.78 is 0. The van der Waals surface area contributed by atoms with Crippen LogP contribution in [0, 0.1) is 19.8 Å². The number of aryl methyl sites for hydroxylation is 2. The van der Waals surface area contributed by atoms with E-state index < -0.39 is 0 Å². The molecule has 0 aliphatic heterocycles. The van der Waals surface area contributed by atoms with Crippen molar-refractivity contribution in [3.63, 3.8) is 0 Å². The molecular formula is C33H37N11O3. The largest absolute Gasteiger partial charge is 0.507 e. The molecule has 14 heteroatoms. The predicted molar refractivity (Wildman–Crippen MR) is 177 cm³/mol. The highest BCUT2D eigenvalue weighted by atomic mass is 16.3. The van der Waals surface area contributed by atoms with Crippen LogP contribution in [0.15, 0.2) is 76.1 Å². The van der Waals surface area contributed by atoms with E-state index in [9.17, 15) is 15.0 Å². The number of aromatic hydroxyl groups is 2. The van der Waals surface area contributed by atoms with Crippen molar-refractivity contribution in [2.24, 2.45) is 16.1 Å². The van der Waals surface area contributed by atoms with Gasteiger partial charge in [-0.25, -0.2) is 0 Å². The fourth-order valence-electron chi connectivity index (χ4n) is 5.16. The molecule has 2 aromatic heterocycles. The average Bonchev–Trinajstić information content (AvgIpc) is 3.64. The third-order valence-corrected chi connectivity index (χ3v) is 7.34. The summed E-state index contributed by atoms with van der Waals surface area (Å²) in [5.41, 5.74) is 4.30. The van der Waals surface area contributed by atoms with Crippen LogP contribution in [0.3, 0.4) is 0 Å². The molecule has 1 aliphatic rings. The molecular weight excluding hydrogens is 598 g/mol. The molecule has 0 radical (unpaired) electrons. The molecule has 14 nitrogen and oxygen atoms in total. The molecule has 2 heterocycles. The first-order chi connectivity index (χ1) is 22.5. The lowest BCUT2D eigenvalue weighted by molar-refractivity contribution is -0.131. The lowest BCUT2D eigenvalue weighted by atomic mass is 9.87. The molecule has 0 spiro atoms. The van der Waals surface area contributed by atoms with E-state index in [-0.39, 0.29) is 29.4 Å². The molecule has 2 N–H and O–H groups in total. The number of tetrazole rings is 2. The minimum Gasteiger partial charge on any atom is -0.507 e. The van der Waals surface area contributed by atoms with Crippen LogP contribution in [-0.2, 0) is 4.79 Å². The number of carbonyl (C=O) groups is 1. The number of benzene rings is 2. The summed E-state index contributed by atoms with van der Waals surface area (Å²) in [7, 11) is 0. The van der Waals surface area contributed by atoms with Gasteiger partial charge in [0, 0.05) is 29.3 Å². The van der Waals surface area contributed by atoms with E-state index in [2.05, 4.69) is 41.3 Å². The molecule has 4 aromatic rings. The molecule has 242 valence electrons. The van der Waals surface area contributed by atoms with Crippen molar-refractivity contribution in [2.75, 3.05) is 0 Å². The van der Waals surface area contributed by atoms with Gasteiger partial charge in [0.15, 0.2) is 11.6 Å². The van der Waals surface area contributed by atoms with E-state index in [0.717, 1.165) is 11.3 Å². The third kappa shape index (κ3) is 7.54. The Bertz CT molecular complexity index is 1830. The van der Waals surface area contributed by atoms with Crippen molar-refractivity contribution in [2.45, 2.75) is 60.4 Å². The van der Waals surface area contributed by atoms with Crippen LogP contribution < -0.4 is 0 Å². The van der Waals surface area contributed by atoms with Gasteiger partial charge in [0.1, 0.15) is 11.5 Å². The first-order valence-corrected chi connectivity index (χ1v) is 15.2.